The molecule has 0 saturated carbocycles. The molecule has 124 valence electrons. The lowest BCUT2D eigenvalue weighted by Crippen LogP contribution is -2.27. The smallest absolute Gasteiger partial charge is 0.435 e. The minimum atomic E-state index is -0.999. The summed E-state index contributed by atoms with van der Waals surface area (Å²) in [7, 11) is 0. The first-order valence-corrected chi connectivity index (χ1v) is 8.85. The number of hydrogen-bond donors (Lipinski definition) is 1. The Morgan fingerprint density at radius 3 is 2.74 bits per heavy atom. The van der Waals surface area contributed by atoms with Gasteiger partial charge in [-0.3, -0.25) is 0 Å². The first-order valence-electron chi connectivity index (χ1n) is 7.12. The summed E-state index contributed by atoms with van der Waals surface area (Å²) in [6.07, 6.45) is 4.27. The van der Waals surface area contributed by atoms with Crippen LogP contribution < -0.4 is 5.73 Å². The van der Waals surface area contributed by atoms with Crippen molar-refractivity contribution in [1.82, 2.24) is 9.78 Å². The quantitative estimate of drug-likeness (QED) is 0.687. The van der Waals surface area contributed by atoms with Crippen LogP contribution in [-0.4, -0.2) is 32.3 Å². The maximum Gasteiger partial charge on any atom is 0.435 e. The minimum absolute atomic E-state index is 0.387. The van der Waals surface area contributed by atoms with Crippen LogP contribution in [0.3, 0.4) is 0 Å². The number of rotatable bonds is 3. The van der Waals surface area contributed by atoms with Crippen molar-refractivity contribution < 1.29 is 14.1 Å². The van der Waals surface area contributed by atoms with Gasteiger partial charge >= 0.3 is 6.09 Å². The fourth-order valence-electron chi connectivity index (χ4n) is 2.10. The third-order valence-electron chi connectivity index (χ3n) is 2.96. The Labute approximate surface area is 138 Å². The summed E-state index contributed by atoms with van der Waals surface area (Å²) in [5.74, 6) is 0.387. The van der Waals surface area contributed by atoms with E-state index in [1.807, 2.05) is 6.07 Å². The van der Waals surface area contributed by atoms with Gasteiger partial charge in [0.15, 0.2) is 0 Å². The lowest BCUT2D eigenvalue weighted by Gasteiger charge is -2.18. The zero-order chi connectivity index (χ0) is 17.2. The molecule has 0 aliphatic carbocycles. The van der Waals surface area contributed by atoms with E-state index in [4.69, 9.17) is 10.5 Å². The topological polar surface area (TPSA) is 93.2 Å². The molecule has 0 bridgehead atoms. The predicted octanol–water partition coefficient (Wildman–Crippen LogP) is 2.79. The van der Waals surface area contributed by atoms with Gasteiger partial charge in [0.25, 0.3) is 0 Å². The van der Waals surface area contributed by atoms with Gasteiger partial charge in [0.2, 0.25) is 0 Å². The van der Waals surface area contributed by atoms with E-state index in [2.05, 4.69) is 5.10 Å². The van der Waals surface area contributed by atoms with Gasteiger partial charge in [0, 0.05) is 23.0 Å². The zero-order valence-electron chi connectivity index (χ0n) is 13.7. The normalized spacial score (nSPS) is 12.9. The third-order valence-corrected chi connectivity index (χ3v) is 3.68. The van der Waals surface area contributed by atoms with Gasteiger partial charge < -0.3 is 15.0 Å². The van der Waals surface area contributed by atoms with Crippen LogP contribution in [0.1, 0.15) is 26.3 Å². The van der Waals surface area contributed by atoms with Gasteiger partial charge in [-0.1, -0.05) is 17.2 Å². The number of hydrogen-bond acceptors (Lipinski definition) is 5. The second kappa shape index (κ2) is 6.64. The van der Waals surface area contributed by atoms with Gasteiger partial charge in [-0.25, -0.2) is 4.79 Å². The second-order valence-electron chi connectivity index (χ2n) is 6.29. The summed E-state index contributed by atoms with van der Waals surface area (Å²) in [5, 5.41) is 4.05. The lowest BCUT2D eigenvalue weighted by atomic mass is 10.0. The fraction of sp³-hybridized carbons (Fsp3) is 0.375. The van der Waals surface area contributed by atoms with E-state index >= 15 is 0 Å². The zero-order valence-corrected chi connectivity index (χ0v) is 14.5. The molecule has 1 heterocycles. The molecule has 6 nitrogen and oxygen atoms in total. The molecule has 7 heteroatoms. The molecule has 1 unspecified atom stereocenters. The molecular formula is C16H21N3O3S. The van der Waals surface area contributed by atoms with Crippen molar-refractivity contribution >= 4 is 23.0 Å². The molecule has 0 radical (unpaired) electrons. The van der Waals surface area contributed by atoms with Crippen molar-refractivity contribution in [3.63, 3.8) is 0 Å². The SMILES string of the molecule is C[S+]([O-])Cc1cc(N)ccc1-c1cnn(C(=O)OC(C)(C)C)c1. The largest absolute Gasteiger partial charge is 0.616 e. The van der Waals surface area contributed by atoms with Gasteiger partial charge in [-0.15, -0.1) is 0 Å². The minimum Gasteiger partial charge on any atom is -0.616 e. The van der Waals surface area contributed by atoms with E-state index in [1.165, 1.54) is 0 Å². The van der Waals surface area contributed by atoms with E-state index < -0.39 is 22.9 Å². The molecule has 2 rings (SSSR count). The monoisotopic (exact) mass is 335 g/mol. The molecule has 1 aromatic heterocycles. The summed E-state index contributed by atoms with van der Waals surface area (Å²) in [6, 6.07) is 5.40. The number of carbonyl (C=O) groups excluding carboxylic acids is 1. The van der Waals surface area contributed by atoms with E-state index in [0.717, 1.165) is 21.4 Å². The summed E-state index contributed by atoms with van der Waals surface area (Å²) >= 11 is -0.999. The van der Waals surface area contributed by atoms with Crippen LogP contribution in [0.25, 0.3) is 11.1 Å². The summed E-state index contributed by atoms with van der Waals surface area (Å²) in [4.78, 5) is 12.0. The molecule has 0 aliphatic heterocycles. The maximum absolute atomic E-state index is 12.0. The highest BCUT2D eigenvalue weighted by atomic mass is 32.2. The molecule has 23 heavy (non-hydrogen) atoms. The average Bonchev–Trinajstić information content (AvgIpc) is 2.85. The molecule has 0 amide bonds. The van der Waals surface area contributed by atoms with Crippen molar-refractivity contribution in [2.24, 2.45) is 0 Å². The van der Waals surface area contributed by atoms with Crippen LogP contribution >= 0.6 is 0 Å². The second-order valence-corrected chi connectivity index (χ2v) is 7.72. The highest BCUT2D eigenvalue weighted by Gasteiger charge is 2.19. The molecule has 2 aromatic rings. The van der Waals surface area contributed by atoms with Gasteiger partial charge in [-0.2, -0.15) is 9.78 Å². The van der Waals surface area contributed by atoms with Crippen LogP contribution in [0, 0.1) is 0 Å². The molecule has 0 spiro atoms. The first-order chi connectivity index (χ1) is 10.7. The molecule has 0 saturated heterocycles. The van der Waals surface area contributed by atoms with Gasteiger partial charge in [0.05, 0.1) is 12.5 Å². The molecule has 2 N–H and O–H groups in total. The number of aromatic nitrogens is 2. The number of benzene rings is 1. The molecular weight excluding hydrogens is 314 g/mol. The van der Waals surface area contributed by atoms with Crippen LogP contribution in [0.4, 0.5) is 10.5 Å². The Hall–Kier alpha value is -1.99. The predicted molar refractivity (Wildman–Crippen MR) is 91.5 cm³/mol. The maximum atomic E-state index is 12.0. The van der Waals surface area contributed by atoms with Crippen molar-refractivity contribution in [2.75, 3.05) is 12.0 Å². The molecule has 1 aromatic carbocycles. The number of nitrogen functional groups attached to an aromatic ring is 1. The first kappa shape index (κ1) is 17.4. The third kappa shape index (κ3) is 4.74. The van der Waals surface area contributed by atoms with E-state index in [0.29, 0.717) is 11.4 Å². The number of nitrogens with zero attached hydrogens (tertiary/aromatic N) is 2. The Bertz CT molecular complexity index is 705. The summed E-state index contributed by atoms with van der Waals surface area (Å²) in [6.45, 7) is 5.39. The van der Waals surface area contributed by atoms with Crippen molar-refractivity contribution in [3.8, 4) is 11.1 Å². The lowest BCUT2D eigenvalue weighted by molar-refractivity contribution is 0.0514. The Morgan fingerprint density at radius 2 is 2.13 bits per heavy atom. The number of nitrogens with two attached hydrogens (primary N) is 1. The average molecular weight is 335 g/mol. The van der Waals surface area contributed by atoms with E-state index in [9.17, 15) is 9.35 Å². The van der Waals surface area contributed by atoms with Gasteiger partial charge in [-0.05, 0) is 38.5 Å². The summed E-state index contributed by atoms with van der Waals surface area (Å²) in [5.41, 5.74) is 8.28. The highest BCUT2D eigenvalue weighted by Crippen LogP contribution is 2.27. The molecule has 0 aliphatic rings. The van der Waals surface area contributed by atoms with Crippen molar-refractivity contribution in [2.45, 2.75) is 32.1 Å². The van der Waals surface area contributed by atoms with Crippen LogP contribution in [0.2, 0.25) is 0 Å². The van der Waals surface area contributed by atoms with E-state index in [1.54, 1.807) is 51.6 Å². The Morgan fingerprint density at radius 1 is 1.43 bits per heavy atom. The Balaban J connectivity index is 2.32. The Kier molecular flexibility index (Phi) is 5.01. The highest BCUT2D eigenvalue weighted by molar-refractivity contribution is 7.89. The molecule has 1 atom stereocenters. The standard InChI is InChI=1S/C16H21N3O3S/c1-16(2,3)22-15(20)19-9-12(8-18-19)14-6-5-13(17)7-11(14)10-23(4)21/h5-9H,10,17H2,1-4H3. The van der Waals surface area contributed by atoms with E-state index in [-0.39, 0.29) is 0 Å². The summed E-state index contributed by atoms with van der Waals surface area (Å²) < 4.78 is 18.0. The van der Waals surface area contributed by atoms with Crippen LogP contribution in [-0.2, 0) is 21.7 Å². The number of carbonyl (C=O) groups is 1. The van der Waals surface area contributed by atoms with Crippen molar-refractivity contribution in [3.05, 3.63) is 36.2 Å². The number of ether oxygens (including phenoxy) is 1. The van der Waals surface area contributed by atoms with Crippen molar-refractivity contribution in [1.29, 1.82) is 0 Å². The molecule has 0 fully saturated rings. The van der Waals surface area contributed by atoms with Gasteiger partial charge in [0.1, 0.15) is 11.4 Å². The number of anilines is 1. The van der Waals surface area contributed by atoms with Crippen LogP contribution in [0.15, 0.2) is 30.6 Å². The van der Waals surface area contributed by atoms with Crippen LogP contribution in [0.5, 0.6) is 0 Å². The fourth-order valence-corrected chi connectivity index (χ4v) is 2.78.